The Morgan fingerprint density at radius 3 is 2.55 bits per heavy atom. The van der Waals surface area contributed by atoms with Crippen molar-refractivity contribution in [1.29, 1.82) is 0 Å². The lowest BCUT2D eigenvalue weighted by Crippen LogP contribution is -2.43. The smallest absolute Gasteiger partial charge is 0.320 e. The molecular weight excluding hydrogens is 553 g/mol. The first-order valence-electron chi connectivity index (χ1n) is 14.7. The van der Waals surface area contributed by atoms with Gasteiger partial charge in [-0.25, -0.2) is 4.39 Å². The van der Waals surface area contributed by atoms with E-state index in [9.17, 15) is 14.0 Å². The molecule has 2 saturated carbocycles. The van der Waals surface area contributed by atoms with Gasteiger partial charge in [0.2, 0.25) is 0 Å². The number of thiophene rings is 1. The van der Waals surface area contributed by atoms with Crippen molar-refractivity contribution in [3.8, 4) is 22.1 Å². The molecule has 2 aliphatic carbocycles. The van der Waals surface area contributed by atoms with Crippen molar-refractivity contribution in [2.24, 2.45) is 5.92 Å². The van der Waals surface area contributed by atoms with Crippen molar-refractivity contribution >= 4 is 33.3 Å². The van der Waals surface area contributed by atoms with E-state index in [-0.39, 0.29) is 30.5 Å². The molecule has 3 heterocycles. The molecule has 0 bridgehead atoms. The van der Waals surface area contributed by atoms with Crippen molar-refractivity contribution in [2.45, 2.75) is 64.5 Å². The van der Waals surface area contributed by atoms with Gasteiger partial charge in [-0.15, -0.1) is 11.3 Å². The zero-order valence-electron chi connectivity index (χ0n) is 23.7. The maximum atomic E-state index is 15.0. The first kappa shape index (κ1) is 28.4. The number of benzene rings is 1. The number of halogens is 1. The van der Waals surface area contributed by atoms with Crippen LogP contribution >= 0.6 is 11.3 Å². The van der Waals surface area contributed by atoms with Crippen LogP contribution in [0.2, 0.25) is 0 Å². The van der Waals surface area contributed by atoms with Gasteiger partial charge in [0.25, 0.3) is 0 Å². The Morgan fingerprint density at radius 1 is 1.02 bits per heavy atom. The molecule has 0 aliphatic heterocycles. The number of pyridine rings is 2. The van der Waals surface area contributed by atoms with E-state index in [1.54, 1.807) is 24.4 Å². The molecular formula is C33H34FN3O4S. The Labute approximate surface area is 248 Å². The highest BCUT2D eigenvalue weighted by Crippen LogP contribution is 2.39. The van der Waals surface area contributed by atoms with E-state index in [1.807, 2.05) is 31.3 Å². The first-order valence-corrected chi connectivity index (χ1v) is 15.5. The fourth-order valence-corrected chi connectivity index (χ4v) is 6.30. The van der Waals surface area contributed by atoms with Crippen LogP contribution in [0, 0.1) is 11.7 Å². The van der Waals surface area contributed by atoms with Gasteiger partial charge < -0.3 is 9.47 Å². The average molecular weight is 588 g/mol. The highest BCUT2D eigenvalue weighted by atomic mass is 32.1. The summed E-state index contributed by atoms with van der Waals surface area (Å²) in [5, 5.41) is 0. The average Bonchev–Trinajstić information content (AvgIpc) is 3.63. The second-order valence-corrected chi connectivity index (χ2v) is 12.3. The summed E-state index contributed by atoms with van der Waals surface area (Å²) in [6.07, 6.45) is 9.95. The number of ketones is 1. The lowest BCUT2D eigenvalue weighted by Gasteiger charge is -2.36. The molecule has 0 spiro atoms. The summed E-state index contributed by atoms with van der Waals surface area (Å²) in [5.74, 6) is 0.607. The number of carbonyl (C=O) groups is 2. The van der Waals surface area contributed by atoms with E-state index >= 15 is 0 Å². The van der Waals surface area contributed by atoms with Crippen LogP contribution in [-0.4, -0.2) is 45.8 Å². The summed E-state index contributed by atoms with van der Waals surface area (Å²) >= 11 is 1.49. The Balaban J connectivity index is 1.15. The molecule has 0 saturated heterocycles. The molecule has 4 aromatic rings. The second kappa shape index (κ2) is 12.7. The number of ether oxygens (including phenoxy) is 2. The number of carbonyl (C=O) groups excluding carboxylic acids is 2. The SMILES string of the molecule is CCOC(=O)CN(Cc1ccc(-c2cc3nccc(Oc4ccc(CC(=O)CC5CC5)cc4F)c3s2)nc1)C1CCC1. The van der Waals surface area contributed by atoms with Gasteiger partial charge >= 0.3 is 5.97 Å². The van der Waals surface area contributed by atoms with Gasteiger partial charge in [0.1, 0.15) is 11.5 Å². The van der Waals surface area contributed by atoms with Gasteiger partial charge in [-0.05, 0) is 73.9 Å². The molecule has 0 atom stereocenters. The third-order valence-corrected chi connectivity index (χ3v) is 9.06. The van der Waals surface area contributed by atoms with Gasteiger partial charge in [-0.3, -0.25) is 24.5 Å². The van der Waals surface area contributed by atoms with Crippen molar-refractivity contribution in [3.63, 3.8) is 0 Å². The summed E-state index contributed by atoms with van der Waals surface area (Å²) in [7, 11) is 0. The summed E-state index contributed by atoms with van der Waals surface area (Å²) in [6.45, 7) is 3.13. The third-order valence-electron chi connectivity index (χ3n) is 7.90. The fraction of sp³-hybridized carbons (Fsp3) is 0.394. The number of hydrogen-bond donors (Lipinski definition) is 0. The Bertz CT molecular complexity index is 1580. The summed E-state index contributed by atoms with van der Waals surface area (Å²) in [5.41, 5.74) is 3.24. The number of fused-ring (bicyclic) bond motifs is 1. The molecule has 6 rings (SSSR count). The van der Waals surface area contributed by atoms with Crippen LogP contribution in [0.15, 0.2) is 54.9 Å². The molecule has 9 heteroatoms. The molecule has 0 unspecified atom stereocenters. The fourth-order valence-electron chi connectivity index (χ4n) is 5.26. The molecule has 0 radical (unpaired) electrons. The van der Waals surface area contributed by atoms with Crippen LogP contribution in [0.3, 0.4) is 0 Å². The molecule has 0 N–H and O–H groups in total. The largest absolute Gasteiger partial charge is 0.465 e. The van der Waals surface area contributed by atoms with Crippen molar-refractivity contribution < 1.29 is 23.5 Å². The molecule has 3 aromatic heterocycles. The van der Waals surface area contributed by atoms with E-state index in [4.69, 9.17) is 14.5 Å². The molecule has 2 fully saturated rings. The minimum atomic E-state index is -0.496. The van der Waals surface area contributed by atoms with Crippen LogP contribution in [0.25, 0.3) is 20.8 Å². The zero-order valence-corrected chi connectivity index (χ0v) is 24.5. The van der Waals surface area contributed by atoms with Crippen LogP contribution in [-0.2, 0) is 27.3 Å². The Kier molecular flexibility index (Phi) is 8.58. The molecule has 1 aromatic carbocycles. The van der Waals surface area contributed by atoms with Crippen LogP contribution < -0.4 is 4.74 Å². The summed E-state index contributed by atoms with van der Waals surface area (Å²) < 4.78 is 26.9. The van der Waals surface area contributed by atoms with E-state index in [0.717, 1.165) is 52.0 Å². The number of aromatic nitrogens is 2. The highest BCUT2D eigenvalue weighted by Gasteiger charge is 2.27. The molecule has 218 valence electrons. The summed E-state index contributed by atoms with van der Waals surface area (Å²) in [6, 6.07) is 12.8. The minimum Gasteiger partial charge on any atom is -0.465 e. The lowest BCUT2D eigenvalue weighted by atomic mass is 9.91. The molecule has 42 heavy (non-hydrogen) atoms. The van der Waals surface area contributed by atoms with Crippen LogP contribution in [0.1, 0.15) is 56.6 Å². The topological polar surface area (TPSA) is 81.6 Å². The monoisotopic (exact) mass is 587 g/mol. The quantitative estimate of drug-likeness (QED) is 0.154. The minimum absolute atomic E-state index is 0.108. The van der Waals surface area contributed by atoms with E-state index in [0.29, 0.717) is 42.8 Å². The van der Waals surface area contributed by atoms with Crippen molar-refractivity contribution in [2.75, 3.05) is 13.2 Å². The van der Waals surface area contributed by atoms with E-state index < -0.39 is 5.82 Å². The van der Waals surface area contributed by atoms with Gasteiger partial charge in [0, 0.05) is 43.9 Å². The number of Topliss-reactive ketones (excluding diaryl/α,β-unsaturated/α-hetero) is 1. The van der Waals surface area contributed by atoms with Gasteiger partial charge in [0.15, 0.2) is 11.6 Å². The number of esters is 1. The predicted octanol–water partition coefficient (Wildman–Crippen LogP) is 7.12. The molecule has 0 amide bonds. The van der Waals surface area contributed by atoms with Crippen LogP contribution in [0.5, 0.6) is 11.5 Å². The van der Waals surface area contributed by atoms with E-state index in [2.05, 4.69) is 9.88 Å². The maximum Gasteiger partial charge on any atom is 0.320 e. The molecule has 7 nitrogen and oxygen atoms in total. The first-order chi connectivity index (χ1) is 20.4. The van der Waals surface area contributed by atoms with Gasteiger partial charge in [-0.1, -0.05) is 18.6 Å². The van der Waals surface area contributed by atoms with E-state index in [1.165, 1.54) is 23.8 Å². The number of hydrogen-bond acceptors (Lipinski definition) is 8. The summed E-state index contributed by atoms with van der Waals surface area (Å²) in [4.78, 5) is 36.6. The lowest BCUT2D eigenvalue weighted by molar-refractivity contribution is -0.145. The van der Waals surface area contributed by atoms with Crippen molar-refractivity contribution in [1.82, 2.24) is 14.9 Å². The Morgan fingerprint density at radius 2 is 1.86 bits per heavy atom. The van der Waals surface area contributed by atoms with Gasteiger partial charge in [0.05, 0.1) is 33.9 Å². The zero-order chi connectivity index (χ0) is 29.1. The second-order valence-electron chi connectivity index (χ2n) is 11.2. The number of rotatable bonds is 13. The third kappa shape index (κ3) is 6.85. The highest BCUT2D eigenvalue weighted by molar-refractivity contribution is 7.22. The predicted molar refractivity (Wildman–Crippen MR) is 160 cm³/mol. The Hall–Kier alpha value is -3.69. The number of nitrogens with zero attached hydrogens (tertiary/aromatic N) is 3. The molecule has 2 aliphatic rings. The van der Waals surface area contributed by atoms with Gasteiger partial charge in [-0.2, -0.15) is 0 Å². The maximum absolute atomic E-state index is 15.0. The normalized spacial score (nSPS) is 15.1. The van der Waals surface area contributed by atoms with Crippen LogP contribution in [0.4, 0.5) is 4.39 Å². The van der Waals surface area contributed by atoms with Crippen molar-refractivity contribution in [3.05, 3.63) is 71.8 Å². The standard InChI is InChI=1S/C33H34FN3O4S/c1-2-40-32(39)20-37(24-4-3-5-24)19-23-8-10-27(36-18-23)31-17-28-33(42-31)30(12-13-35-28)41-29-11-9-22(16-26(29)34)15-25(38)14-21-6-7-21/h8-13,16-18,21,24H,2-7,14-15,19-20H2,1H3.